The molecule has 0 aliphatic heterocycles. The molecule has 1 aromatic carbocycles. The van der Waals surface area contributed by atoms with Gasteiger partial charge >= 0.3 is 0 Å². The highest BCUT2D eigenvalue weighted by molar-refractivity contribution is 7.97. The quantitative estimate of drug-likeness (QED) is 0.654. The van der Waals surface area contributed by atoms with Gasteiger partial charge in [-0.25, -0.2) is 0 Å². The summed E-state index contributed by atoms with van der Waals surface area (Å²) in [5, 5.41) is 5.34. The van der Waals surface area contributed by atoms with Crippen molar-refractivity contribution in [3.63, 3.8) is 0 Å². The van der Waals surface area contributed by atoms with Crippen LogP contribution < -0.4 is 5.14 Å². The zero-order chi connectivity index (χ0) is 8.69. The van der Waals surface area contributed by atoms with Crippen LogP contribution in [0.4, 0.5) is 0 Å². The van der Waals surface area contributed by atoms with Crippen LogP contribution in [0.2, 0.25) is 0 Å². The number of benzene rings is 1. The molecule has 0 amide bonds. The summed E-state index contributed by atoms with van der Waals surface area (Å²) in [5.74, 6) is 0. The molecule has 0 unspecified atom stereocenters. The van der Waals surface area contributed by atoms with Crippen LogP contribution in [0, 0.1) is 6.92 Å². The lowest BCUT2D eigenvalue weighted by Gasteiger charge is -1.94. The molecule has 0 aromatic heterocycles. The lowest BCUT2D eigenvalue weighted by molar-refractivity contribution is 1.36. The highest BCUT2D eigenvalue weighted by atomic mass is 32.2. The molecule has 0 aliphatic carbocycles. The molecule has 0 radical (unpaired) electrons. The lowest BCUT2D eigenvalue weighted by Crippen LogP contribution is -1.79. The van der Waals surface area contributed by atoms with Gasteiger partial charge in [0.05, 0.1) is 0 Å². The summed E-state index contributed by atoms with van der Waals surface area (Å²) in [7, 11) is 0. The van der Waals surface area contributed by atoms with Crippen molar-refractivity contribution in [2.75, 3.05) is 0 Å². The first-order chi connectivity index (χ1) is 5.33. The van der Waals surface area contributed by atoms with E-state index in [1.807, 2.05) is 26.0 Å². The van der Waals surface area contributed by atoms with Crippen LogP contribution in [0.3, 0.4) is 0 Å². The third kappa shape index (κ3) is 4.06. The van der Waals surface area contributed by atoms with Crippen molar-refractivity contribution in [1.29, 1.82) is 0 Å². The van der Waals surface area contributed by atoms with E-state index in [4.69, 9.17) is 5.14 Å². The summed E-state index contributed by atoms with van der Waals surface area (Å²) in [5.41, 5.74) is 1.26. The topological polar surface area (TPSA) is 26.0 Å². The number of hydrogen-bond acceptors (Lipinski definition) is 2. The molecular formula is C9H15NS. The van der Waals surface area contributed by atoms with Crippen LogP contribution in [0.15, 0.2) is 29.2 Å². The Morgan fingerprint density at radius 2 is 1.91 bits per heavy atom. The molecule has 0 heterocycles. The van der Waals surface area contributed by atoms with E-state index in [0.29, 0.717) is 0 Å². The van der Waals surface area contributed by atoms with E-state index in [9.17, 15) is 0 Å². The Bertz CT molecular complexity index is 199. The molecule has 0 saturated heterocycles. The molecule has 0 fully saturated rings. The van der Waals surface area contributed by atoms with Crippen LogP contribution in [0.5, 0.6) is 0 Å². The van der Waals surface area contributed by atoms with Crippen LogP contribution >= 0.6 is 11.9 Å². The van der Waals surface area contributed by atoms with Gasteiger partial charge in [-0.1, -0.05) is 26.0 Å². The SMILES string of the molecule is CC.Cc1cccc(SN)c1. The number of rotatable bonds is 1. The van der Waals surface area contributed by atoms with Crippen molar-refractivity contribution in [2.24, 2.45) is 5.14 Å². The molecule has 2 heteroatoms. The fraction of sp³-hybridized carbons (Fsp3) is 0.333. The minimum Gasteiger partial charge on any atom is -0.274 e. The van der Waals surface area contributed by atoms with E-state index in [1.54, 1.807) is 0 Å². The molecule has 0 spiro atoms. The summed E-state index contributed by atoms with van der Waals surface area (Å²) in [6.45, 7) is 6.06. The minimum absolute atomic E-state index is 1.12. The van der Waals surface area contributed by atoms with Crippen molar-refractivity contribution < 1.29 is 0 Å². The molecule has 0 aliphatic rings. The van der Waals surface area contributed by atoms with Gasteiger partial charge in [0.25, 0.3) is 0 Å². The summed E-state index contributed by atoms with van der Waals surface area (Å²) < 4.78 is 0. The fourth-order valence-corrected chi connectivity index (χ4v) is 1.10. The molecule has 62 valence electrons. The van der Waals surface area contributed by atoms with Crippen molar-refractivity contribution in [2.45, 2.75) is 25.7 Å². The van der Waals surface area contributed by atoms with Gasteiger partial charge in [0.1, 0.15) is 0 Å². The number of aryl methyl sites for hydroxylation is 1. The maximum atomic E-state index is 5.34. The Morgan fingerprint density at radius 1 is 1.27 bits per heavy atom. The zero-order valence-corrected chi connectivity index (χ0v) is 8.11. The molecule has 1 nitrogen and oxygen atoms in total. The molecule has 0 bridgehead atoms. The largest absolute Gasteiger partial charge is 0.274 e. The summed E-state index contributed by atoms with van der Waals surface area (Å²) in [4.78, 5) is 1.12. The average Bonchev–Trinajstić information content (AvgIpc) is 2.08. The Labute approximate surface area is 73.1 Å². The molecule has 11 heavy (non-hydrogen) atoms. The first-order valence-electron chi connectivity index (χ1n) is 3.76. The molecule has 0 atom stereocenters. The Morgan fingerprint density at radius 3 is 2.27 bits per heavy atom. The predicted octanol–water partition coefficient (Wildman–Crippen LogP) is 2.99. The lowest BCUT2D eigenvalue weighted by atomic mass is 10.2. The Hall–Kier alpha value is -0.470. The van der Waals surface area contributed by atoms with Gasteiger partial charge in [-0.15, -0.1) is 0 Å². The van der Waals surface area contributed by atoms with Gasteiger partial charge < -0.3 is 0 Å². The van der Waals surface area contributed by atoms with E-state index in [2.05, 4.69) is 19.1 Å². The van der Waals surface area contributed by atoms with E-state index in [0.717, 1.165) is 4.90 Å². The molecule has 2 N–H and O–H groups in total. The van der Waals surface area contributed by atoms with Gasteiger partial charge in [-0.05, 0) is 36.6 Å². The average molecular weight is 169 g/mol. The van der Waals surface area contributed by atoms with Crippen molar-refractivity contribution in [3.8, 4) is 0 Å². The van der Waals surface area contributed by atoms with Crippen molar-refractivity contribution in [3.05, 3.63) is 29.8 Å². The third-order valence-electron chi connectivity index (χ3n) is 1.13. The van der Waals surface area contributed by atoms with Crippen molar-refractivity contribution >= 4 is 11.9 Å². The smallest absolute Gasteiger partial charge is 0.0228 e. The highest BCUT2D eigenvalue weighted by Crippen LogP contribution is 2.11. The molecule has 0 saturated carbocycles. The van der Waals surface area contributed by atoms with Gasteiger partial charge in [0, 0.05) is 4.90 Å². The van der Waals surface area contributed by atoms with Gasteiger partial charge in [0.15, 0.2) is 0 Å². The van der Waals surface area contributed by atoms with Gasteiger partial charge in [0.2, 0.25) is 0 Å². The summed E-state index contributed by atoms with van der Waals surface area (Å²) >= 11 is 1.28. The molecule has 1 aromatic rings. The first kappa shape index (κ1) is 10.5. The maximum Gasteiger partial charge on any atom is 0.0228 e. The number of nitrogens with two attached hydrogens (primary N) is 1. The van der Waals surface area contributed by atoms with Crippen LogP contribution in [0.25, 0.3) is 0 Å². The minimum atomic E-state index is 1.12. The Kier molecular flexibility index (Phi) is 5.99. The van der Waals surface area contributed by atoms with Crippen LogP contribution in [-0.2, 0) is 0 Å². The molecule has 1 rings (SSSR count). The summed E-state index contributed by atoms with van der Waals surface area (Å²) in [6, 6.07) is 8.12. The van der Waals surface area contributed by atoms with E-state index >= 15 is 0 Å². The fourth-order valence-electron chi connectivity index (χ4n) is 0.689. The zero-order valence-electron chi connectivity index (χ0n) is 7.29. The van der Waals surface area contributed by atoms with E-state index < -0.39 is 0 Å². The van der Waals surface area contributed by atoms with Gasteiger partial charge in [-0.3, -0.25) is 5.14 Å². The van der Waals surface area contributed by atoms with Crippen LogP contribution in [0.1, 0.15) is 19.4 Å². The molecular weight excluding hydrogens is 154 g/mol. The second-order valence-electron chi connectivity index (χ2n) is 1.93. The van der Waals surface area contributed by atoms with Crippen molar-refractivity contribution in [1.82, 2.24) is 0 Å². The normalized spacial score (nSPS) is 8.36. The first-order valence-corrected chi connectivity index (χ1v) is 4.64. The predicted molar refractivity (Wildman–Crippen MR) is 52.6 cm³/mol. The third-order valence-corrected chi connectivity index (χ3v) is 1.65. The van der Waals surface area contributed by atoms with Gasteiger partial charge in [-0.2, -0.15) is 0 Å². The Balaban J connectivity index is 0.000000461. The number of hydrogen-bond donors (Lipinski definition) is 1. The van der Waals surface area contributed by atoms with E-state index in [1.165, 1.54) is 17.5 Å². The highest BCUT2D eigenvalue weighted by Gasteiger charge is 1.87. The monoisotopic (exact) mass is 169 g/mol. The second-order valence-corrected chi connectivity index (χ2v) is 2.64. The maximum absolute atomic E-state index is 5.34. The van der Waals surface area contributed by atoms with E-state index in [-0.39, 0.29) is 0 Å². The summed E-state index contributed by atoms with van der Waals surface area (Å²) in [6.07, 6.45) is 0. The second kappa shape index (κ2) is 6.25. The standard InChI is InChI=1S/C7H9NS.C2H6/c1-6-3-2-4-7(5-6)9-8;1-2/h2-5H,8H2,1H3;1-2H3. The van der Waals surface area contributed by atoms with Crippen LogP contribution in [-0.4, -0.2) is 0 Å².